The Labute approximate surface area is 157 Å². The maximum atomic E-state index is 12.9. The smallest absolute Gasteiger partial charge is 0.433 e. The fourth-order valence-corrected chi connectivity index (χ4v) is 3.12. The second-order valence-electron chi connectivity index (χ2n) is 5.53. The summed E-state index contributed by atoms with van der Waals surface area (Å²) in [4.78, 5) is 11.4. The van der Waals surface area contributed by atoms with E-state index >= 15 is 0 Å². The molecule has 8 nitrogen and oxygen atoms in total. The van der Waals surface area contributed by atoms with E-state index < -0.39 is 21.7 Å². The van der Waals surface area contributed by atoms with Crippen molar-refractivity contribution in [3.63, 3.8) is 0 Å². The maximum Gasteiger partial charge on any atom is 0.433 e. The van der Waals surface area contributed by atoms with Gasteiger partial charge in [-0.15, -0.1) is 0 Å². The van der Waals surface area contributed by atoms with Crippen LogP contribution in [0.2, 0.25) is 0 Å². The lowest BCUT2D eigenvalue weighted by atomic mass is 10.2. The third-order valence-electron chi connectivity index (χ3n) is 3.47. The van der Waals surface area contributed by atoms with Crippen molar-refractivity contribution in [3.8, 4) is 28.9 Å². The molecule has 0 fully saturated rings. The van der Waals surface area contributed by atoms with Gasteiger partial charge in [0, 0.05) is 12.5 Å². The van der Waals surface area contributed by atoms with Crippen molar-refractivity contribution in [2.45, 2.75) is 18.0 Å². The van der Waals surface area contributed by atoms with Gasteiger partial charge in [0.05, 0.1) is 11.5 Å². The molecule has 3 heterocycles. The van der Waals surface area contributed by atoms with Crippen LogP contribution in [-0.2, 0) is 16.0 Å². The zero-order chi connectivity index (χ0) is 20.5. The molecule has 0 saturated carbocycles. The van der Waals surface area contributed by atoms with Crippen LogP contribution >= 0.6 is 0 Å². The van der Waals surface area contributed by atoms with Gasteiger partial charge < -0.3 is 9.26 Å². The lowest BCUT2D eigenvalue weighted by Gasteiger charge is -2.10. The van der Waals surface area contributed by atoms with Crippen molar-refractivity contribution >= 4 is 9.84 Å². The predicted octanol–water partition coefficient (Wildman–Crippen LogP) is 3.01. The Bertz CT molecular complexity index is 1110. The molecule has 3 aromatic rings. The molecular formula is C16H13F3N4O4S. The van der Waals surface area contributed by atoms with E-state index in [4.69, 9.17) is 9.26 Å². The van der Waals surface area contributed by atoms with Crippen molar-refractivity contribution < 1.29 is 30.8 Å². The highest BCUT2D eigenvalue weighted by Crippen LogP contribution is 2.34. The standard InChI is InChI=1S/C16H13F3N4O4S/c1-3-26-14-9(6-7-11(21-14)16(17,18)19)15-22-13(23-27-15)12-10(28(2,24)25)5-4-8-20-12/h4-8H,3H2,1-2H3. The summed E-state index contributed by atoms with van der Waals surface area (Å²) in [6, 6.07) is 4.62. The molecule has 0 atom stereocenters. The molecule has 3 rings (SSSR count). The van der Waals surface area contributed by atoms with Crippen molar-refractivity contribution in [2.75, 3.05) is 12.9 Å². The van der Waals surface area contributed by atoms with Crippen molar-refractivity contribution in [1.82, 2.24) is 20.1 Å². The SMILES string of the molecule is CCOc1nc(C(F)(F)F)ccc1-c1nc(-c2ncccc2S(C)(=O)=O)no1. The Balaban J connectivity index is 2.09. The summed E-state index contributed by atoms with van der Waals surface area (Å²) in [5.41, 5.74) is -1.15. The van der Waals surface area contributed by atoms with Gasteiger partial charge in [0.2, 0.25) is 11.7 Å². The summed E-state index contributed by atoms with van der Waals surface area (Å²) in [5, 5.41) is 3.69. The van der Waals surface area contributed by atoms with Gasteiger partial charge in [0.25, 0.3) is 5.89 Å². The number of rotatable bonds is 5. The van der Waals surface area contributed by atoms with Gasteiger partial charge >= 0.3 is 6.18 Å². The molecule has 148 valence electrons. The summed E-state index contributed by atoms with van der Waals surface area (Å²) >= 11 is 0. The number of alkyl halides is 3. The summed E-state index contributed by atoms with van der Waals surface area (Å²) < 4.78 is 72.7. The number of nitrogens with zero attached hydrogens (tertiary/aromatic N) is 4. The summed E-state index contributed by atoms with van der Waals surface area (Å²) in [6.07, 6.45) is -2.30. The average Bonchev–Trinajstić information content (AvgIpc) is 3.10. The molecule has 0 saturated heterocycles. The normalized spacial score (nSPS) is 12.2. The van der Waals surface area contributed by atoms with Crippen molar-refractivity contribution in [3.05, 3.63) is 36.2 Å². The number of aromatic nitrogens is 4. The predicted molar refractivity (Wildman–Crippen MR) is 90.0 cm³/mol. The Morgan fingerprint density at radius 3 is 2.57 bits per heavy atom. The molecule has 0 aliphatic rings. The highest BCUT2D eigenvalue weighted by Gasteiger charge is 2.34. The molecule has 0 aliphatic heterocycles. The quantitative estimate of drug-likeness (QED) is 0.627. The minimum Gasteiger partial charge on any atom is -0.477 e. The molecule has 28 heavy (non-hydrogen) atoms. The average molecular weight is 414 g/mol. The van der Waals surface area contributed by atoms with E-state index in [1.807, 2.05) is 0 Å². The summed E-state index contributed by atoms with van der Waals surface area (Å²) in [6.45, 7) is 1.64. The van der Waals surface area contributed by atoms with Crippen LogP contribution < -0.4 is 4.74 Å². The highest BCUT2D eigenvalue weighted by molar-refractivity contribution is 7.90. The topological polar surface area (TPSA) is 108 Å². The molecule has 0 aromatic carbocycles. The van der Waals surface area contributed by atoms with Gasteiger partial charge in [0.15, 0.2) is 9.84 Å². The van der Waals surface area contributed by atoms with Crippen molar-refractivity contribution in [2.24, 2.45) is 0 Å². The largest absolute Gasteiger partial charge is 0.477 e. The van der Waals surface area contributed by atoms with E-state index in [9.17, 15) is 21.6 Å². The molecule has 12 heteroatoms. The maximum absolute atomic E-state index is 12.9. The Hall–Kier alpha value is -3.02. The fourth-order valence-electron chi connectivity index (χ4n) is 2.29. The minimum absolute atomic E-state index is 0.0328. The van der Waals surface area contributed by atoms with E-state index in [0.717, 1.165) is 18.4 Å². The third-order valence-corrected chi connectivity index (χ3v) is 4.60. The van der Waals surface area contributed by atoms with Crippen LogP contribution in [0.1, 0.15) is 12.6 Å². The van der Waals surface area contributed by atoms with E-state index in [-0.39, 0.29) is 40.4 Å². The molecule has 3 aromatic heterocycles. The van der Waals surface area contributed by atoms with Crippen molar-refractivity contribution in [1.29, 1.82) is 0 Å². The Kier molecular flexibility index (Phi) is 5.06. The first-order valence-electron chi connectivity index (χ1n) is 7.82. The molecule has 0 spiro atoms. The molecule has 0 amide bonds. The lowest BCUT2D eigenvalue weighted by molar-refractivity contribution is -0.141. The lowest BCUT2D eigenvalue weighted by Crippen LogP contribution is -2.09. The first kappa shape index (κ1) is 19.7. The number of pyridine rings is 2. The monoisotopic (exact) mass is 414 g/mol. The van der Waals surface area contributed by atoms with Crippen LogP contribution in [0.3, 0.4) is 0 Å². The van der Waals surface area contributed by atoms with Crippen LogP contribution in [0.5, 0.6) is 5.88 Å². The van der Waals surface area contributed by atoms with Gasteiger partial charge in [-0.1, -0.05) is 5.16 Å². The second kappa shape index (κ2) is 7.19. The molecule has 0 aliphatic carbocycles. The minimum atomic E-state index is -4.65. The first-order chi connectivity index (χ1) is 13.1. The van der Waals surface area contributed by atoms with E-state index in [1.165, 1.54) is 18.3 Å². The van der Waals surface area contributed by atoms with Crippen LogP contribution in [-0.4, -0.2) is 41.4 Å². The highest BCUT2D eigenvalue weighted by atomic mass is 32.2. The van der Waals surface area contributed by atoms with Crippen LogP contribution in [0.25, 0.3) is 23.0 Å². The van der Waals surface area contributed by atoms with E-state index in [1.54, 1.807) is 6.92 Å². The fraction of sp³-hybridized carbons (Fsp3) is 0.250. The summed E-state index contributed by atoms with van der Waals surface area (Å²) in [7, 11) is -3.62. The number of halogens is 3. The van der Waals surface area contributed by atoms with Gasteiger partial charge in [0.1, 0.15) is 17.0 Å². The summed E-state index contributed by atoms with van der Waals surface area (Å²) in [5.74, 6) is -0.667. The van der Waals surface area contributed by atoms with E-state index in [0.29, 0.717) is 0 Å². The van der Waals surface area contributed by atoms with Gasteiger partial charge in [-0.2, -0.15) is 18.2 Å². The van der Waals surface area contributed by atoms with Gasteiger partial charge in [-0.3, -0.25) is 4.98 Å². The number of hydrogen-bond donors (Lipinski definition) is 0. The van der Waals surface area contributed by atoms with Gasteiger partial charge in [-0.05, 0) is 31.2 Å². The Morgan fingerprint density at radius 1 is 1.18 bits per heavy atom. The van der Waals surface area contributed by atoms with Crippen LogP contribution in [0.15, 0.2) is 39.9 Å². The first-order valence-corrected chi connectivity index (χ1v) is 9.71. The number of hydrogen-bond acceptors (Lipinski definition) is 8. The molecule has 0 N–H and O–H groups in total. The zero-order valence-electron chi connectivity index (χ0n) is 14.6. The molecular weight excluding hydrogens is 401 g/mol. The number of sulfone groups is 1. The second-order valence-corrected chi connectivity index (χ2v) is 7.51. The number of ether oxygens (including phenoxy) is 1. The Morgan fingerprint density at radius 2 is 1.93 bits per heavy atom. The van der Waals surface area contributed by atoms with Crippen LogP contribution in [0, 0.1) is 0 Å². The van der Waals surface area contributed by atoms with E-state index in [2.05, 4.69) is 20.1 Å². The zero-order valence-corrected chi connectivity index (χ0v) is 15.4. The third kappa shape index (κ3) is 3.96. The van der Waals surface area contributed by atoms with Gasteiger partial charge in [-0.25, -0.2) is 13.4 Å². The molecule has 0 unspecified atom stereocenters. The molecule has 0 radical (unpaired) electrons. The van der Waals surface area contributed by atoms with Crippen LogP contribution in [0.4, 0.5) is 13.2 Å². The molecule has 0 bridgehead atoms.